The first-order valence-electron chi connectivity index (χ1n) is 4.54. The van der Waals surface area contributed by atoms with Crippen molar-refractivity contribution in [3.05, 3.63) is 34.2 Å². The lowest BCUT2D eigenvalue weighted by molar-refractivity contribution is 0.0782. The predicted molar refractivity (Wildman–Crippen MR) is 54.3 cm³/mol. The predicted octanol–water partition coefficient (Wildman–Crippen LogP) is 0.361. The molecule has 0 bridgehead atoms. The summed E-state index contributed by atoms with van der Waals surface area (Å²) >= 11 is 0. The second-order valence-corrected chi connectivity index (χ2v) is 2.90. The molecule has 0 aliphatic carbocycles. The molecule has 5 heteroatoms. The number of carbonyl (C=O) groups excluding carboxylic acids is 1. The van der Waals surface area contributed by atoms with Crippen LogP contribution in [-0.4, -0.2) is 28.9 Å². The van der Waals surface area contributed by atoms with Gasteiger partial charge in [0.15, 0.2) is 5.43 Å². The van der Waals surface area contributed by atoms with Gasteiger partial charge in [0.05, 0.1) is 6.07 Å². The third-order valence-electron chi connectivity index (χ3n) is 1.98. The summed E-state index contributed by atoms with van der Waals surface area (Å²) in [5.74, 6) is -0.416. The average molecular weight is 205 g/mol. The van der Waals surface area contributed by atoms with E-state index in [2.05, 4.69) is 4.98 Å². The maximum absolute atomic E-state index is 11.7. The highest BCUT2D eigenvalue weighted by Gasteiger charge is 2.15. The van der Waals surface area contributed by atoms with Crippen LogP contribution in [0.5, 0.6) is 0 Å². The van der Waals surface area contributed by atoms with Gasteiger partial charge in [-0.25, -0.2) is 0 Å². The summed E-state index contributed by atoms with van der Waals surface area (Å²) in [6, 6.07) is 3.17. The Labute approximate surface area is 87.0 Å². The first kappa shape index (κ1) is 11.0. The number of nitrogens with one attached hydrogen (secondary N) is 1. The van der Waals surface area contributed by atoms with E-state index in [1.54, 1.807) is 6.92 Å². The lowest BCUT2D eigenvalue weighted by atomic mass is 10.2. The minimum atomic E-state index is -0.416. The Kier molecular flexibility index (Phi) is 3.63. The molecule has 78 valence electrons. The lowest BCUT2D eigenvalue weighted by Crippen LogP contribution is -2.34. The van der Waals surface area contributed by atoms with Gasteiger partial charge >= 0.3 is 0 Å². The van der Waals surface area contributed by atoms with Gasteiger partial charge in [-0.3, -0.25) is 9.59 Å². The smallest absolute Gasteiger partial charge is 0.260 e. The number of rotatable bonds is 3. The molecule has 15 heavy (non-hydrogen) atoms. The van der Waals surface area contributed by atoms with Crippen molar-refractivity contribution in [1.29, 1.82) is 5.26 Å². The minimum absolute atomic E-state index is 0.0103. The molecule has 1 N–H and O–H groups in total. The van der Waals surface area contributed by atoms with Crippen LogP contribution in [0.1, 0.15) is 17.3 Å². The van der Waals surface area contributed by atoms with Crippen LogP contribution in [0.15, 0.2) is 23.3 Å². The van der Waals surface area contributed by atoms with Gasteiger partial charge in [0.2, 0.25) is 0 Å². The molecule has 1 aromatic rings. The Morgan fingerprint density at radius 1 is 1.67 bits per heavy atom. The highest BCUT2D eigenvalue weighted by molar-refractivity contribution is 5.93. The largest absolute Gasteiger partial charge is 0.367 e. The number of hydrogen-bond acceptors (Lipinski definition) is 3. The second-order valence-electron chi connectivity index (χ2n) is 2.90. The van der Waals surface area contributed by atoms with Gasteiger partial charge in [-0.05, 0) is 6.92 Å². The third-order valence-corrected chi connectivity index (χ3v) is 1.98. The first-order valence-corrected chi connectivity index (χ1v) is 4.54. The molecule has 0 fully saturated rings. The molecular weight excluding hydrogens is 194 g/mol. The first-order chi connectivity index (χ1) is 7.20. The quantitative estimate of drug-likeness (QED) is 0.724. The molecule has 0 aromatic carbocycles. The Hall–Kier alpha value is -2.09. The van der Waals surface area contributed by atoms with E-state index >= 15 is 0 Å². The number of amides is 1. The SMILES string of the molecule is CCN(CC#N)C(=O)c1c[nH]ccc1=O. The van der Waals surface area contributed by atoms with Crippen molar-refractivity contribution in [3.8, 4) is 6.07 Å². The molecule has 0 saturated heterocycles. The van der Waals surface area contributed by atoms with E-state index in [0.29, 0.717) is 6.54 Å². The fourth-order valence-corrected chi connectivity index (χ4v) is 1.17. The van der Waals surface area contributed by atoms with Gasteiger partial charge in [0.25, 0.3) is 5.91 Å². The lowest BCUT2D eigenvalue weighted by Gasteiger charge is -2.16. The van der Waals surface area contributed by atoms with E-state index in [1.807, 2.05) is 6.07 Å². The second kappa shape index (κ2) is 4.96. The molecular formula is C10H11N3O2. The average Bonchev–Trinajstić information content (AvgIpc) is 2.25. The molecule has 1 aromatic heterocycles. The standard InChI is InChI=1S/C10H11N3O2/c1-2-13(6-4-11)10(15)8-7-12-5-3-9(8)14/h3,5,7H,2,6H2,1H3,(H,12,14). The molecule has 1 rings (SSSR count). The van der Waals surface area contributed by atoms with Gasteiger partial charge in [-0.2, -0.15) is 5.26 Å². The van der Waals surface area contributed by atoms with Crippen LogP contribution in [0, 0.1) is 11.3 Å². The normalized spacial score (nSPS) is 9.33. The van der Waals surface area contributed by atoms with Gasteiger partial charge in [0, 0.05) is 25.0 Å². The molecule has 0 spiro atoms. The number of pyridine rings is 1. The van der Waals surface area contributed by atoms with Crippen molar-refractivity contribution < 1.29 is 4.79 Å². The van der Waals surface area contributed by atoms with Crippen molar-refractivity contribution in [2.45, 2.75) is 6.92 Å². The number of aromatic amines is 1. The molecule has 0 radical (unpaired) electrons. The summed E-state index contributed by atoms with van der Waals surface area (Å²) in [6.45, 7) is 2.15. The number of aromatic nitrogens is 1. The molecule has 0 aliphatic heterocycles. The van der Waals surface area contributed by atoms with E-state index in [-0.39, 0.29) is 17.5 Å². The van der Waals surface area contributed by atoms with Gasteiger partial charge in [0.1, 0.15) is 12.1 Å². The summed E-state index contributed by atoms with van der Waals surface area (Å²) in [5, 5.41) is 8.50. The van der Waals surface area contributed by atoms with Crippen molar-refractivity contribution in [3.63, 3.8) is 0 Å². The molecule has 0 aliphatic rings. The van der Waals surface area contributed by atoms with E-state index in [4.69, 9.17) is 5.26 Å². The summed E-state index contributed by atoms with van der Waals surface area (Å²) in [4.78, 5) is 27.1. The molecule has 0 unspecified atom stereocenters. The molecule has 1 heterocycles. The number of nitriles is 1. The van der Waals surface area contributed by atoms with Crippen LogP contribution in [0.3, 0.4) is 0 Å². The van der Waals surface area contributed by atoms with E-state index in [9.17, 15) is 9.59 Å². The number of hydrogen-bond donors (Lipinski definition) is 1. The number of H-pyrrole nitrogens is 1. The molecule has 1 amide bonds. The monoisotopic (exact) mass is 205 g/mol. The minimum Gasteiger partial charge on any atom is -0.367 e. The van der Waals surface area contributed by atoms with Gasteiger partial charge in [-0.1, -0.05) is 0 Å². The highest BCUT2D eigenvalue weighted by atomic mass is 16.2. The van der Waals surface area contributed by atoms with Crippen LogP contribution in [-0.2, 0) is 0 Å². The van der Waals surface area contributed by atoms with E-state index in [0.717, 1.165) is 0 Å². The third kappa shape index (κ3) is 2.44. The summed E-state index contributed by atoms with van der Waals surface area (Å²) < 4.78 is 0. The van der Waals surface area contributed by atoms with Crippen LogP contribution in [0.2, 0.25) is 0 Å². The van der Waals surface area contributed by atoms with Crippen molar-refractivity contribution in [1.82, 2.24) is 9.88 Å². The molecule has 0 atom stereocenters. The van der Waals surface area contributed by atoms with Gasteiger partial charge in [-0.15, -0.1) is 0 Å². The zero-order valence-electron chi connectivity index (χ0n) is 8.36. The summed E-state index contributed by atoms with van der Waals surface area (Å²) in [7, 11) is 0. The van der Waals surface area contributed by atoms with E-state index in [1.165, 1.54) is 23.4 Å². The van der Waals surface area contributed by atoms with E-state index < -0.39 is 5.91 Å². The number of carbonyl (C=O) groups is 1. The zero-order valence-corrected chi connectivity index (χ0v) is 8.36. The molecule has 0 saturated carbocycles. The summed E-state index contributed by atoms with van der Waals surface area (Å²) in [5.41, 5.74) is -0.273. The topological polar surface area (TPSA) is 77.0 Å². The van der Waals surface area contributed by atoms with Crippen LogP contribution >= 0.6 is 0 Å². The fraction of sp³-hybridized carbons (Fsp3) is 0.300. The maximum atomic E-state index is 11.7. The molecule has 5 nitrogen and oxygen atoms in total. The van der Waals surface area contributed by atoms with Gasteiger partial charge < -0.3 is 9.88 Å². The van der Waals surface area contributed by atoms with Crippen molar-refractivity contribution in [2.75, 3.05) is 13.1 Å². The maximum Gasteiger partial charge on any atom is 0.260 e. The van der Waals surface area contributed by atoms with Crippen LogP contribution in [0.25, 0.3) is 0 Å². The Bertz CT molecular complexity index is 444. The Balaban J connectivity index is 2.99. The van der Waals surface area contributed by atoms with Crippen LogP contribution < -0.4 is 5.43 Å². The summed E-state index contributed by atoms with van der Waals surface area (Å²) in [6.07, 6.45) is 2.81. The van der Waals surface area contributed by atoms with Crippen molar-refractivity contribution in [2.24, 2.45) is 0 Å². The Morgan fingerprint density at radius 3 is 2.93 bits per heavy atom. The fourth-order valence-electron chi connectivity index (χ4n) is 1.17. The Morgan fingerprint density at radius 2 is 2.40 bits per heavy atom. The highest BCUT2D eigenvalue weighted by Crippen LogP contribution is 1.97. The van der Waals surface area contributed by atoms with Crippen molar-refractivity contribution >= 4 is 5.91 Å². The zero-order chi connectivity index (χ0) is 11.3. The van der Waals surface area contributed by atoms with Crippen LogP contribution in [0.4, 0.5) is 0 Å². The number of nitrogens with zero attached hydrogens (tertiary/aromatic N) is 2.